The quantitative estimate of drug-likeness (QED) is 0.704. The molecule has 12 heavy (non-hydrogen) atoms. The molecule has 0 N–H and O–H groups in total. The predicted molar refractivity (Wildman–Crippen MR) is 56.6 cm³/mol. The van der Waals surface area contributed by atoms with Gasteiger partial charge in [0.25, 0.3) is 0 Å². The number of ether oxygens (including phenoxy) is 1. The van der Waals surface area contributed by atoms with E-state index in [9.17, 15) is 4.79 Å². The molecule has 0 aliphatic rings. The maximum atomic E-state index is 10.9. The summed E-state index contributed by atoms with van der Waals surface area (Å²) in [4.78, 5) is 10.9. The molecule has 0 fully saturated rings. The van der Waals surface area contributed by atoms with Crippen molar-refractivity contribution in [3.8, 4) is 0 Å². The highest BCUT2D eigenvalue weighted by atomic mass is 79.9. The third-order valence-electron chi connectivity index (χ3n) is 1.23. The van der Waals surface area contributed by atoms with Crippen LogP contribution in [0.2, 0.25) is 0 Å². The van der Waals surface area contributed by atoms with Gasteiger partial charge in [0, 0.05) is 11.5 Å². The van der Waals surface area contributed by atoms with Crippen LogP contribution in [-0.4, -0.2) is 24.6 Å². The number of methoxy groups -OCH3 is 1. The van der Waals surface area contributed by atoms with E-state index in [0.29, 0.717) is 0 Å². The molecule has 0 saturated carbocycles. The zero-order chi connectivity index (χ0) is 9.56. The normalized spacial score (nSPS) is 12.2. The van der Waals surface area contributed by atoms with Crippen molar-refractivity contribution >= 4 is 33.7 Å². The Morgan fingerprint density at radius 2 is 2.33 bits per heavy atom. The average Bonchev–Trinajstić information content (AvgIpc) is 2.02. The molecule has 0 aliphatic carbocycles. The fraction of sp³-hybridized carbons (Fsp3) is 0.625. The zero-order valence-electron chi connectivity index (χ0n) is 7.30. The standard InChI is InChI=1S/C8H13BrO2S/c1-6(8(10)11-3)4-12-5-7(2)9/h6H,2,4-5H2,1,3H3. The van der Waals surface area contributed by atoms with Gasteiger partial charge in [-0.3, -0.25) is 4.79 Å². The van der Waals surface area contributed by atoms with Gasteiger partial charge in [-0.05, 0) is 4.48 Å². The van der Waals surface area contributed by atoms with E-state index >= 15 is 0 Å². The summed E-state index contributed by atoms with van der Waals surface area (Å²) in [6.45, 7) is 5.55. The molecule has 0 amide bonds. The summed E-state index contributed by atoms with van der Waals surface area (Å²) >= 11 is 4.91. The Morgan fingerprint density at radius 3 is 2.75 bits per heavy atom. The minimum atomic E-state index is -0.150. The van der Waals surface area contributed by atoms with Crippen molar-refractivity contribution in [2.24, 2.45) is 5.92 Å². The molecule has 0 aromatic carbocycles. The van der Waals surface area contributed by atoms with E-state index in [-0.39, 0.29) is 11.9 Å². The Bertz CT molecular complexity index is 170. The van der Waals surface area contributed by atoms with E-state index in [0.717, 1.165) is 16.0 Å². The van der Waals surface area contributed by atoms with Gasteiger partial charge in [-0.1, -0.05) is 29.4 Å². The van der Waals surface area contributed by atoms with Crippen LogP contribution in [-0.2, 0) is 9.53 Å². The second-order valence-electron chi connectivity index (χ2n) is 2.46. The molecule has 0 spiro atoms. The van der Waals surface area contributed by atoms with Gasteiger partial charge in [-0.25, -0.2) is 0 Å². The molecule has 1 atom stereocenters. The lowest BCUT2D eigenvalue weighted by Crippen LogP contribution is -2.14. The maximum Gasteiger partial charge on any atom is 0.309 e. The predicted octanol–water partition coefficient (Wildman–Crippen LogP) is 2.44. The van der Waals surface area contributed by atoms with Gasteiger partial charge < -0.3 is 4.74 Å². The molecule has 1 unspecified atom stereocenters. The van der Waals surface area contributed by atoms with Crippen LogP contribution in [0.1, 0.15) is 6.92 Å². The van der Waals surface area contributed by atoms with E-state index in [1.165, 1.54) is 7.11 Å². The Morgan fingerprint density at radius 1 is 1.75 bits per heavy atom. The molecular weight excluding hydrogens is 240 g/mol. The molecule has 0 heterocycles. The number of carbonyl (C=O) groups is 1. The highest BCUT2D eigenvalue weighted by Gasteiger charge is 2.12. The third-order valence-corrected chi connectivity index (χ3v) is 3.17. The topological polar surface area (TPSA) is 26.3 Å². The summed E-state index contributed by atoms with van der Waals surface area (Å²) in [7, 11) is 1.41. The van der Waals surface area contributed by atoms with E-state index in [1.54, 1.807) is 11.8 Å². The number of rotatable bonds is 5. The summed E-state index contributed by atoms with van der Waals surface area (Å²) in [6.07, 6.45) is 0. The van der Waals surface area contributed by atoms with Gasteiger partial charge >= 0.3 is 5.97 Å². The van der Waals surface area contributed by atoms with Crippen molar-refractivity contribution < 1.29 is 9.53 Å². The minimum Gasteiger partial charge on any atom is -0.469 e. The van der Waals surface area contributed by atoms with Crippen LogP contribution in [0.4, 0.5) is 0 Å². The Balaban J connectivity index is 3.50. The molecule has 0 aliphatic heterocycles. The van der Waals surface area contributed by atoms with Crippen LogP contribution in [0.25, 0.3) is 0 Å². The highest BCUT2D eigenvalue weighted by molar-refractivity contribution is 9.11. The van der Waals surface area contributed by atoms with E-state index < -0.39 is 0 Å². The molecular formula is C8H13BrO2S. The van der Waals surface area contributed by atoms with Gasteiger partial charge in [-0.2, -0.15) is 11.8 Å². The number of hydrogen-bond donors (Lipinski definition) is 0. The van der Waals surface area contributed by atoms with Gasteiger partial charge in [0.05, 0.1) is 13.0 Å². The minimum absolute atomic E-state index is 0.0353. The second-order valence-corrected chi connectivity index (χ2v) is 4.61. The monoisotopic (exact) mass is 252 g/mol. The second kappa shape index (κ2) is 6.54. The van der Waals surface area contributed by atoms with Crippen LogP contribution in [0, 0.1) is 5.92 Å². The first-order chi connectivity index (χ1) is 5.57. The first-order valence-electron chi connectivity index (χ1n) is 3.56. The summed E-state index contributed by atoms with van der Waals surface area (Å²) in [5, 5.41) is 0. The smallest absolute Gasteiger partial charge is 0.309 e. The van der Waals surface area contributed by atoms with Crippen molar-refractivity contribution in [1.29, 1.82) is 0 Å². The van der Waals surface area contributed by atoms with E-state index in [2.05, 4.69) is 27.2 Å². The fourth-order valence-corrected chi connectivity index (χ4v) is 1.93. The molecule has 0 rings (SSSR count). The lowest BCUT2D eigenvalue weighted by atomic mass is 10.2. The molecule has 2 nitrogen and oxygen atoms in total. The maximum absolute atomic E-state index is 10.9. The lowest BCUT2D eigenvalue weighted by Gasteiger charge is -2.07. The lowest BCUT2D eigenvalue weighted by molar-refractivity contribution is -0.143. The SMILES string of the molecule is C=C(Br)CSCC(C)C(=O)OC. The van der Waals surface area contributed by atoms with Gasteiger partial charge in [0.15, 0.2) is 0 Å². The van der Waals surface area contributed by atoms with Crippen LogP contribution in [0.15, 0.2) is 11.1 Å². The van der Waals surface area contributed by atoms with E-state index in [1.807, 2.05) is 6.92 Å². The molecule has 0 aromatic rings. The highest BCUT2D eigenvalue weighted by Crippen LogP contribution is 2.15. The number of esters is 1. The number of carbonyl (C=O) groups excluding carboxylic acids is 1. The van der Waals surface area contributed by atoms with Crippen LogP contribution >= 0.6 is 27.7 Å². The zero-order valence-corrected chi connectivity index (χ0v) is 9.70. The first kappa shape index (κ1) is 12.0. The molecule has 70 valence electrons. The summed E-state index contributed by atoms with van der Waals surface area (Å²) in [5.41, 5.74) is 0. The van der Waals surface area contributed by atoms with Crippen molar-refractivity contribution in [2.75, 3.05) is 18.6 Å². The summed E-state index contributed by atoms with van der Waals surface area (Å²) in [6, 6.07) is 0. The molecule has 0 saturated heterocycles. The van der Waals surface area contributed by atoms with Crippen molar-refractivity contribution in [3.05, 3.63) is 11.1 Å². The number of hydrogen-bond acceptors (Lipinski definition) is 3. The van der Waals surface area contributed by atoms with Crippen molar-refractivity contribution in [2.45, 2.75) is 6.92 Å². The van der Waals surface area contributed by atoms with Crippen molar-refractivity contribution in [1.82, 2.24) is 0 Å². The van der Waals surface area contributed by atoms with Crippen molar-refractivity contribution in [3.63, 3.8) is 0 Å². The van der Waals surface area contributed by atoms with Gasteiger partial charge in [0.1, 0.15) is 0 Å². The number of thioether (sulfide) groups is 1. The summed E-state index contributed by atoms with van der Waals surface area (Å²) < 4.78 is 5.53. The molecule has 0 radical (unpaired) electrons. The average molecular weight is 253 g/mol. The molecule has 0 aromatic heterocycles. The van der Waals surface area contributed by atoms with Crippen LogP contribution in [0.5, 0.6) is 0 Å². The first-order valence-corrected chi connectivity index (χ1v) is 5.51. The molecule has 4 heteroatoms. The fourth-order valence-electron chi connectivity index (χ4n) is 0.616. The van der Waals surface area contributed by atoms with Crippen LogP contribution in [0.3, 0.4) is 0 Å². The molecule has 0 bridgehead atoms. The van der Waals surface area contributed by atoms with E-state index in [4.69, 9.17) is 0 Å². The van der Waals surface area contributed by atoms with Crippen LogP contribution < -0.4 is 0 Å². The Labute approximate surface area is 85.9 Å². The largest absolute Gasteiger partial charge is 0.469 e. The summed E-state index contributed by atoms with van der Waals surface area (Å²) in [5.74, 6) is 1.42. The number of halogens is 1. The Hall–Kier alpha value is 0.0400. The van der Waals surface area contributed by atoms with Gasteiger partial charge in [-0.15, -0.1) is 0 Å². The Kier molecular flexibility index (Phi) is 6.57. The van der Waals surface area contributed by atoms with Gasteiger partial charge in [0.2, 0.25) is 0 Å². The third kappa shape index (κ3) is 5.66.